The zero-order chi connectivity index (χ0) is 13.2. The highest BCUT2D eigenvalue weighted by Gasteiger charge is 2.49. The number of alkyl halides is 2. The molecule has 0 aromatic rings. The Morgan fingerprint density at radius 3 is 2.41 bits per heavy atom. The number of hydrogen-bond acceptors (Lipinski definition) is 2. The van der Waals surface area contributed by atoms with Crippen molar-refractivity contribution in [1.82, 2.24) is 10.2 Å². The number of amides is 2. The summed E-state index contributed by atoms with van der Waals surface area (Å²) >= 11 is 0. The monoisotopic (exact) mass is 250 g/mol. The molecule has 1 aliphatic rings. The van der Waals surface area contributed by atoms with Crippen molar-refractivity contribution in [2.45, 2.75) is 31.7 Å². The molecule has 1 atom stereocenters. The molecule has 1 fully saturated rings. The van der Waals surface area contributed by atoms with Gasteiger partial charge in [-0.25, -0.2) is 18.4 Å². The number of rotatable bonds is 5. The van der Waals surface area contributed by atoms with Crippen LogP contribution in [0.4, 0.5) is 13.6 Å². The summed E-state index contributed by atoms with van der Waals surface area (Å²) in [7, 11) is 1.21. The average molecular weight is 250 g/mol. The second-order valence-electron chi connectivity index (χ2n) is 4.48. The highest BCUT2D eigenvalue weighted by atomic mass is 19.3. The van der Waals surface area contributed by atoms with E-state index in [1.165, 1.54) is 14.0 Å². The number of aliphatic carboxylic acids is 1. The number of hydrogen-bond donors (Lipinski definition) is 2. The fourth-order valence-electron chi connectivity index (χ4n) is 1.60. The summed E-state index contributed by atoms with van der Waals surface area (Å²) in [4.78, 5) is 23.4. The summed E-state index contributed by atoms with van der Waals surface area (Å²) in [6, 6.07) is -0.790. The number of halogens is 2. The maximum absolute atomic E-state index is 12.1. The largest absolute Gasteiger partial charge is 0.480 e. The third kappa shape index (κ3) is 3.28. The van der Waals surface area contributed by atoms with Crippen LogP contribution in [0.5, 0.6) is 0 Å². The Bertz CT molecular complexity index is 321. The third-order valence-electron chi connectivity index (χ3n) is 2.96. The van der Waals surface area contributed by atoms with Gasteiger partial charge in [0.05, 0.1) is 6.54 Å². The lowest BCUT2D eigenvalue weighted by Gasteiger charge is -2.29. The van der Waals surface area contributed by atoms with Crippen molar-refractivity contribution in [2.75, 3.05) is 13.6 Å². The van der Waals surface area contributed by atoms with Crippen LogP contribution in [0.3, 0.4) is 0 Å². The van der Waals surface area contributed by atoms with Crippen LogP contribution < -0.4 is 5.32 Å². The van der Waals surface area contributed by atoms with Gasteiger partial charge in [0.15, 0.2) is 0 Å². The molecule has 1 saturated carbocycles. The van der Waals surface area contributed by atoms with Gasteiger partial charge in [0, 0.05) is 7.05 Å². The fourth-order valence-corrected chi connectivity index (χ4v) is 1.60. The standard InChI is InChI=1S/C10H16F2N2O3/c1-10(8(15)16,6-3-4-6)13-9(17)14(2)5-7(11)12/h6-7H,3-5H2,1-2H3,(H,13,17)(H,15,16). The molecule has 0 aliphatic heterocycles. The molecule has 5 nitrogen and oxygen atoms in total. The van der Waals surface area contributed by atoms with Gasteiger partial charge in [-0.15, -0.1) is 0 Å². The van der Waals surface area contributed by atoms with Crippen LogP contribution in [-0.2, 0) is 4.79 Å². The van der Waals surface area contributed by atoms with E-state index >= 15 is 0 Å². The number of nitrogens with one attached hydrogen (secondary N) is 1. The van der Waals surface area contributed by atoms with Crippen LogP contribution in [0.15, 0.2) is 0 Å². The van der Waals surface area contributed by atoms with Crippen molar-refractivity contribution in [3.8, 4) is 0 Å². The molecule has 98 valence electrons. The van der Waals surface area contributed by atoms with E-state index in [1.54, 1.807) is 0 Å². The molecule has 7 heteroatoms. The van der Waals surface area contributed by atoms with E-state index in [9.17, 15) is 18.4 Å². The molecule has 17 heavy (non-hydrogen) atoms. The van der Waals surface area contributed by atoms with Crippen LogP contribution in [0.1, 0.15) is 19.8 Å². The zero-order valence-corrected chi connectivity index (χ0v) is 9.74. The maximum atomic E-state index is 12.1. The number of carboxylic acid groups (broad SMARTS) is 1. The quantitative estimate of drug-likeness (QED) is 0.769. The Balaban J connectivity index is 2.61. The minimum Gasteiger partial charge on any atom is -0.480 e. The van der Waals surface area contributed by atoms with Gasteiger partial charge in [-0.2, -0.15) is 0 Å². The van der Waals surface area contributed by atoms with Crippen molar-refractivity contribution >= 4 is 12.0 Å². The van der Waals surface area contributed by atoms with Gasteiger partial charge in [0.25, 0.3) is 6.43 Å². The first-order valence-electron chi connectivity index (χ1n) is 5.32. The predicted octanol–water partition coefficient (Wildman–Crippen LogP) is 1.15. The number of urea groups is 1. The molecular formula is C10H16F2N2O3. The Labute approximate surface area is 97.8 Å². The smallest absolute Gasteiger partial charge is 0.329 e. The van der Waals surface area contributed by atoms with Gasteiger partial charge in [-0.05, 0) is 25.7 Å². The number of carboxylic acids is 1. The van der Waals surface area contributed by atoms with Crippen LogP contribution in [0, 0.1) is 5.92 Å². The van der Waals surface area contributed by atoms with E-state index in [-0.39, 0.29) is 5.92 Å². The molecule has 2 amide bonds. The minimum atomic E-state index is -2.64. The Morgan fingerprint density at radius 1 is 1.53 bits per heavy atom. The predicted molar refractivity (Wildman–Crippen MR) is 55.9 cm³/mol. The molecule has 0 heterocycles. The van der Waals surface area contributed by atoms with E-state index in [0.29, 0.717) is 0 Å². The summed E-state index contributed by atoms with van der Waals surface area (Å²) in [5, 5.41) is 11.4. The van der Waals surface area contributed by atoms with Crippen molar-refractivity contribution in [3.05, 3.63) is 0 Å². The molecule has 0 aromatic carbocycles. The molecule has 1 unspecified atom stereocenters. The summed E-state index contributed by atoms with van der Waals surface area (Å²) in [6.45, 7) is 0.688. The summed E-state index contributed by atoms with van der Waals surface area (Å²) in [5.74, 6) is -1.26. The minimum absolute atomic E-state index is 0.121. The van der Waals surface area contributed by atoms with Gasteiger partial charge in [-0.3, -0.25) is 0 Å². The average Bonchev–Trinajstić information content (AvgIpc) is 2.98. The highest BCUT2D eigenvalue weighted by molar-refractivity contribution is 5.86. The van der Waals surface area contributed by atoms with E-state index in [2.05, 4.69) is 5.32 Å². The summed E-state index contributed by atoms with van der Waals surface area (Å²) in [5.41, 5.74) is -1.37. The maximum Gasteiger partial charge on any atom is 0.329 e. The summed E-state index contributed by atoms with van der Waals surface area (Å²) < 4.78 is 24.1. The van der Waals surface area contributed by atoms with Crippen LogP contribution in [0.2, 0.25) is 0 Å². The van der Waals surface area contributed by atoms with E-state index in [1.807, 2.05) is 0 Å². The zero-order valence-electron chi connectivity index (χ0n) is 9.74. The molecule has 0 aromatic heterocycles. The normalized spacial score (nSPS) is 18.6. The van der Waals surface area contributed by atoms with Gasteiger partial charge in [0.2, 0.25) is 0 Å². The number of carbonyl (C=O) groups excluding carboxylic acids is 1. The van der Waals surface area contributed by atoms with Gasteiger partial charge in [-0.1, -0.05) is 0 Å². The van der Waals surface area contributed by atoms with Crippen LogP contribution in [-0.4, -0.2) is 47.6 Å². The van der Waals surface area contributed by atoms with Crippen molar-refractivity contribution in [2.24, 2.45) is 5.92 Å². The fraction of sp³-hybridized carbons (Fsp3) is 0.800. The first-order chi connectivity index (χ1) is 7.77. The van der Waals surface area contributed by atoms with E-state index in [4.69, 9.17) is 5.11 Å². The van der Waals surface area contributed by atoms with Gasteiger partial charge < -0.3 is 15.3 Å². The number of nitrogens with zero attached hydrogens (tertiary/aromatic N) is 1. The molecule has 0 bridgehead atoms. The topological polar surface area (TPSA) is 69.6 Å². The number of carbonyl (C=O) groups is 2. The van der Waals surface area contributed by atoms with Crippen LogP contribution >= 0.6 is 0 Å². The van der Waals surface area contributed by atoms with Crippen molar-refractivity contribution in [1.29, 1.82) is 0 Å². The second-order valence-corrected chi connectivity index (χ2v) is 4.48. The van der Waals surface area contributed by atoms with Crippen molar-refractivity contribution in [3.63, 3.8) is 0 Å². The highest BCUT2D eigenvalue weighted by Crippen LogP contribution is 2.39. The van der Waals surface area contributed by atoms with E-state index in [0.717, 1.165) is 17.7 Å². The second kappa shape index (κ2) is 4.85. The lowest BCUT2D eigenvalue weighted by atomic mass is 9.96. The molecule has 1 aliphatic carbocycles. The molecule has 1 rings (SSSR count). The SMILES string of the molecule is CN(CC(F)F)C(=O)NC(C)(C(=O)O)C1CC1. The first kappa shape index (κ1) is 13.7. The van der Waals surface area contributed by atoms with E-state index < -0.39 is 30.5 Å². The molecular weight excluding hydrogens is 234 g/mol. The van der Waals surface area contributed by atoms with Gasteiger partial charge in [0.1, 0.15) is 5.54 Å². The Morgan fingerprint density at radius 2 is 2.06 bits per heavy atom. The molecule has 2 N–H and O–H groups in total. The van der Waals surface area contributed by atoms with Gasteiger partial charge >= 0.3 is 12.0 Å². The molecule has 0 spiro atoms. The first-order valence-corrected chi connectivity index (χ1v) is 5.32. The molecule has 0 radical (unpaired) electrons. The summed E-state index contributed by atoms with van der Waals surface area (Å²) in [6.07, 6.45) is -1.19. The lowest BCUT2D eigenvalue weighted by Crippen LogP contribution is -2.57. The Hall–Kier alpha value is -1.40. The lowest BCUT2D eigenvalue weighted by molar-refractivity contribution is -0.144. The van der Waals surface area contributed by atoms with Crippen molar-refractivity contribution < 1.29 is 23.5 Å². The third-order valence-corrected chi connectivity index (χ3v) is 2.96. The molecule has 0 saturated heterocycles. The van der Waals surface area contributed by atoms with Crippen LogP contribution in [0.25, 0.3) is 0 Å². The Kier molecular flexibility index (Phi) is 3.90.